The minimum absolute atomic E-state index is 0.113. The topological polar surface area (TPSA) is 81.3 Å². The van der Waals surface area contributed by atoms with Gasteiger partial charge in [-0.1, -0.05) is 0 Å². The van der Waals surface area contributed by atoms with E-state index in [2.05, 4.69) is 10.2 Å². The highest BCUT2D eigenvalue weighted by Gasteiger charge is 2.20. The van der Waals surface area contributed by atoms with Gasteiger partial charge >= 0.3 is 0 Å². The van der Waals surface area contributed by atoms with E-state index in [0.29, 0.717) is 28.5 Å². The first kappa shape index (κ1) is 14.7. The standard InChI is InChI=1S/C13H18N4O2S/c1-8(2)19-7-6-17(3)13(18)11-10(14)9-4-5-15-16-12(9)20-11/h4-5,8H,6-7,14H2,1-3H3. The zero-order chi connectivity index (χ0) is 14.7. The van der Waals surface area contributed by atoms with E-state index in [4.69, 9.17) is 10.5 Å². The second-order valence-electron chi connectivity index (χ2n) is 4.74. The van der Waals surface area contributed by atoms with Crippen LogP contribution in [0.25, 0.3) is 10.2 Å². The van der Waals surface area contributed by atoms with Crippen LogP contribution in [0.3, 0.4) is 0 Å². The number of aromatic nitrogens is 2. The SMILES string of the molecule is CC(C)OCCN(C)C(=O)c1sc2nnccc2c1N. The van der Waals surface area contributed by atoms with E-state index in [1.54, 1.807) is 24.2 Å². The Bertz CT molecular complexity index is 611. The highest BCUT2D eigenvalue weighted by Crippen LogP contribution is 2.32. The van der Waals surface area contributed by atoms with Crippen LogP contribution >= 0.6 is 11.3 Å². The molecule has 1 amide bonds. The Morgan fingerprint density at radius 1 is 1.55 bits per heavy atom. The summed E-state index contributed by atoms with van der Waals surface area (Å²) in [7, 11) is 1.74. The van der Waals surface area contributed by atoms with Crippen molar-refractivity contribution in [2.45, 2.75) is 20.0 Å². The number of rotatable bonds is 5. The van der Waals surface area contributed by atoms with Crippen molar-refractivity contribution in [1.82, 2.24) is 15.1 Å². The van der Waals surface area contributed by atoms with Gasteiger partial charge in [0.2, 0.25) is 0 Å². The number of nitrogens with two attached hydrogens (primary N) is 1. The van der Waals surface area contributed by atoms with Crippen molar-refractivity contribution in [3.63, 3.8) is 0 Å². The molecule has 2 N–H and O–H groups in total. The highest BCUT2D eigenvalue weighted by molar-refractivity contribution is 7.21. The fourth-order valence-electron chi connectivity index (χ4n) is 1.73. The third-order valence-corrected chi connectivity index (χ3v) is 3.93. The first-order valence-electron chi connectivity index (χ1n) is 6.37. The molecule has 2 aromatic heterocycles. The second-order valence-corrected chi connectivity index (χ2v) is 5.74. The predicted molar refractivity (Wildman–Crippen MR) is 79.9 cm³/mol. The molecular formula is C13H18N4O2S. The molecule has 0 atom stereocenters. The van der Waals surface area contributed by atoms with E-state index >= 15 is 0 Å². The van der Waals surface area contributed by atoms with Gasteiger partial charge in [-0.3, -0.25) is 4.79 Å². The molecule has 0 aliphatic rings. The first-order chi connectivity index (χ1) is 9.50. The molecule has 0 unspecified atom stereocenters. The molecule has 0 fully saturated rings. The number of anilines is 1. The van der Waals surface area contributed by atoms with Crippen LogP contribution in [0, 0.1) is 0 Å². The lowest BCUT2D eigenvalue weighted by Gasteiger charge is -2.17. The minimum atomic E-state index is -0.113. The van der Waals surface area contributed by atoms with Gasteiger partial charge in [0.15, 0.2) is 0 Å². The Kier molecular flexibility index (Phi) is 4.51. The van der Waals surface area contributed by atoms with Gasteiger partial charge in [-0.25, -0.2) is 0 Å². The van der Waals surface area contributed by atoms with E-state index in [1.165, 1.54) is 11.3 Å². The summed E-state index contributed by atoms with van der Waals surface area (Å²) in [4.78, 5) is 15.2. The van der Waals surface area contributed by atoms with Gasteiger partial charge in [0.25, 0.3) is 5.91 Å². The van der Waals surface area contributed by atoms with Crippen molar-refractivity contribution in [3.05, 3.63) is 17.1 Å². The third kappa shape index (κ3) is 3.05. The number of ether oxygens (including phenoxy) is 1. The second kappa shape index (κ2) is 6.15. The van der Waals surface area contributed by atoms with Crippen LogP contribution in [0.1, 0.15) is 23.5 Å². The van der Waals surface area contributed by atoms with Crippen molar-refractivity contribution in [1.29, 1.82) is 0 Å². The lowest BCUT2D eigenvalue weighted by atomic mass is 10.2. The Hall–Kier alpha value is -1.73. The highest BCUT2D eigenvalue weighted by atomic mass is 32.1. The molecule has 2 heterocycles. The number of amides is 1. The molecule has 0 aliphatic heterocycles. The van der Waals surface area contributed by atoms with Crippen molar-refractivity contribution in [2.75, 3.05) is 25.9 Å². The van der Waals surface area contributed by atoms with Gasteiger partial charge in [0.05, 0.1) is 24.6 Å². The molecule has 108 valence electrons. The summed E-state index contributed by atoms with van der Waals surface area (Å²) in [6.45, 7) is 4.95. The van der Waals surface area contributed by atoms with Crippen LogP contribution in [-0.4, -0.2) is 47.3 Å². The maximum Gasteiger partial charge on any atom is 0.265 e. The lowest BCUT2D eigenvalue weighted by molar-refractivity contribution is 0.0535. The number of carbonyl (C=O) groups excluding carboxylic acids is 1. The van der Waals surface area contributed by atoms with Crippen LogP contribution in [0.15, 0.2) is 12.3 Å². The number of nitrogens with zero attached hydrogens (tertiary/aromatic N) is 3. The normalized spacial score (nSPS) is 11.2. The first-order valence-corrected chi connectivity index (χ1v) is 7.19. The number of carbonyl (C=O) groups is 1. The zero-order valence-corrected chi connectivity index (χ0v) is 12.6. The summed E-state index contributed by atoms with van der Waals surface area (Å²) >= 11 is 1.27. The number of likely N-dealkylation sites (N-methyl/N-ethyl adjacent to an activating group) is 1. The van der Waals surface area contributed by atoms with Crippen LogP contribution in [0.4, 0.5) is 5.69 Å². The molecule has 0 saturated heterocycles. The van der Waals surface area contributed by atoms with Crippen molar-refractivity contribution < 1.29 is 9.53 Å². The molecule has 2 aromatic rings. The summed E-state index contributed by atoms with van der Waals surface area (Å²) in [5, 5.41) is 8.56. The van der Waals surface area contributed by atoms with Crippen LogP contribution < -0.4 is 5.73 Å². The van der Waals surface area contributed by atoms with Crippen molar-refractivity contribution in [2.24, 2.45) is 0 Å². The Labute approximate surface area is 121 Å². The molecule has 0 aromatic carbocycles. The number of hydrogen-bond acceptors (Lipinski definition) is 6. The summed E-state index contributed by atoms with van der Waals surface area (Å²) in [6.07, 6.45) is 1.73. The fourth-order valence-corrected chi connectivity index (χ4v) is 2.76. The van der Waals surface area contributed by atoms with E-state index in [0.717, 1.165) is 5.39 Å². The van der Waals surface area contributed by atoms with Crippen molar-refractivity contribution in [3.8, 4) is 0 Å². The van der Waals surface area contributed by atoms with Gasteiger partial charge < -0.3 is 15.4 Å². The number of hydrogen-bond donors (Lipinski definition) is 1. The molecule has 0 bridgehead atoms. The minimum Gasteiger partial charge on any atom is -0.397 e. The quantitative estimate of drug-likeness (QED) is 0.909. The van der Waals surface area contributed by atoms with Gasteiger partial charge in [0, 0.05) is 19.0 Å². The van der Waals surface area contributed by atoms with Gasteiger partial charge in [-0.15, -0.1) is 16.4 Å². The summed E-state index contributed by atoms with van der Waals surface area (Å²) in [5.41, 5.74) is 6.49. The van der Waals surface area contributed by atoms with E-state index in [-0.39, 0.29) is 12.0 Å². The van der Waals surface area contributed by atoms with Crippen LogP contribution in [0.5, 0.6) is 0 Å². The van der Waals surface area contributed by atoms with E-state index in [9.17, 15) is 4.79 Å². The molecule has 2 rings (SSSR count). The summed E-state index contributed by atoms with van der Waals surface area (Å²) < 4.78 is 5.44. The maximum absolute atomic E-state index is 12.4. The van der Waals surface area contributed by atoms with Gasteiger partial charge in [-0.05, 0) is 19.9 Å². The number of fused-ring (bicyclic) bond motifs is 1. The molecule has 7 heteroatoms. The summed E-state index contributed by atoms with van der Waals surface area (Å²) in [6, 6.07) is 1.77. The molecule has 0 radical (unpaired) electrons. The summed E-state index contributed by atoms with van der Waals surface area (Å²) in [5.74, 6) is -0.113. The van der Waals surface area contributed by atoms with E-state index in [1.807, 2.05) is 13.8 Å². The zero-order valence-electron chi connectivity index (χ0n) is 11.8. The largest absolute Gasteiger partial charge is 0.397 e. The Balaban J connectivity index is 2.12. The number of thiophene rings is 1. The monoisotopic (exact) mass is 294 g/mol. The lowest BCUT2D eigenvalue weighted by Crippen LogP contribution is -2.30. The maximum atomic E-state index is 12.4. The molecule has 20 heavy (non-hydrogen) atoms. The smallest absolute Gasteiger partial charge is 0.265 e. The molecular weight excluding hydrogens is 276 g/mol. The average molecular weight is 294 g/mol. The van der Waals surface area contributed by atoms with E-state index < -0.39 is 0 Å². The number of nitrogen functional groups attached to an aromatic ring is 1. The Morgan fingerprint density at radius 3 is 2.95 bits per heavy atom. The third-order valence-electron chi connectivity index (χ3n) is 2.84. The van der Waals surface area contributed by atoms with Gasteiger partial charge in [0.1, 0.15) is 9.71 Å². The van der Waals surface area contributed by atoms with Gasteiger partial charge in [-0.2, -0.15) is 5.10 Å². The van der Waals surface area contributed by atoms with Crippen LogP contribution in [0.2, 0.25) is 0 Å². The fraction of sp³-hybridized carbons (Fsp3) is 0.462. The average Bonchev–Trinajstić information content (AvgIpc) is 2.75. The van der Waals surface area contributed by atoms with Crippen LogP contribution in [-0.2, 0) is 4.74 Å². The molecule has 6 nitrogen and oxygen atoms in total. The Morgan fingerprint density at radius 2 is 2.30 bits per heavy atom. The van der Waals surface area contributed by atoms with Crippen molar-refractivity contribution >= 4 is 33.1 Å². The predicted octanol–water partition coefficient (Wildman–Crippen LogP) is 1.77. The molecule has 0 spiro atoms. The molecule has 0 saturated carbocycles. The molecule has 0 aliphatic carbocycles.